The van der Waals surface area contributed by atoms with Gasteiger partial charge in [-0.25, -0.2) is 13.2 Å². The topological polar surface area (TPSA) is 89.3 Å². The van der Waals surface area contributed by atoms with E-state index in [1.165, 1.54) is 22.8 Å². The molecular formula is C31H38F3N5O3S. The minimum absolute atomic E-state index is 0.0557. The molecule has 0 amide bonds. The summed E-state index contributed by atoms with van der Waals surface area (Å²) in [5.41, 5.74) is 0.401. The number of hydrogen-bond donors (Lipinski definition) is 1. The zero-order valence-corrected chi connectivity index (χ0v) is 25.4. The quantitative estimate of drug-likeness (QED) is 0.400. The number of aryl methyl sites for hydroxylation is 1. The van der Waals surface area contributed by atoms with E-state index in [0.717, 1.165) is 19.4 Å². The number of alkyl halides is 2. The summed E-state index contributed by atoms with van der Waals surface area (Å²) in [6.07, 6.45) is 3.41. The molecule has 0 aliphatic carbocycles. The van der Waals surface area contributed by atoms with E-state index < -0.39 is 40.1 Å². The van der Waals surface area contributed by atoms with E-state index >= 15 is 13.2 Å². The van der Waals surface area contributed by atoms with Crippen molar-refractivity contribution in [3.63, 3.8) is 0 Å². The summed E-state index contributed by atoms with van der Waals surface area (Å²) < 4.78 is 67.1. The third-order valence-electron chi connectivity index (χ3n) is 9.38. The van der Waals surface area contributed by atoms with E-state index in [0.29, 0.717) is 79.2 Å². The van der Waals surface area contributed by atoms with Gasteiger partial charge >= 0.3 is 0 Å². The zero-order chi connectivity index (χ0) is 30.3. The van der Waals surface area contributed by atoms with Crippen molar-refractivity contribution in [3.8, 4) is 5.88 Å². The molecule has 1 aromatic carbocycles. The van der Waals surface area contributed by atoms with E-state index in [1.807, 2.05) is 0 Å². The molecule has 3 aromatic rings. The first-order valence-corrected chi connectivity index (χ1v) is 16.7. The summed E-state index contributed by atoms with van der Waals surface area (Å²) in [5.74, 6) is -3.60. The summed E-state index contributed by atoms with van der Waals surface area (Å²) in [6.45, 7) is 3.89. The lowest BCUT2D eigenvalue weighted by Gasteiger charge is -2.36. The number of nitrogens with zero attached hydrogens (tertiary/aromatic N) is 4. The molecule has 0 saturated carbocycles. The standard InChI is InChI=1S/C31H38F3N5O3S/c1-19-22-6-5-7-25(26(22)32)31(33,34)21-8-13-39(14-9-21)12-3-4-15-42-29-27-24(28(35-19)36-37-29)18-23(30(40)38(27)2)20-10-16-43(41)17-11-20/h5-7,18-21H,3-4,8-17H2,1-2H3,(H,35,36)/t19-,20?,43?/m1/s1. The van der Waals surface area contributed by atoms with Crippen LogP contribution in [0.5, 0.6) is 5.88 Å². The molecule has 1 atom stereocenters. The van der Waals surface area contributed by atoms with Crippen molar-refractivity contribution in [3.05, 3.63) is 57.1 Å². The van der Waals surface area contributed by atoms with E-state index in [9.17, 15) is 9.00 Å². The number of aromatic nitrogens is 3. The third kappa shape index (κ3) is 5.80. The van der Waals surface area contributed by atoms with Gasteiger partial charge in [0.2, 0.25) is 0 Å². The van der Waals surface area contributed by atoms with Crippen LogP contribution in [0.25, 0.3) is 10.9 Å². The molecular weight excluding hydrogens is 579 g/mol. The summed E-state index contributed by atoms with van der Waals surface area (Å²) in [6, 6.07) is 5.24. The molecule has 6 aliphatic heterocycles. The predicted molar refractivity (Wildman–Crippen MR) is 161 cm³/mol. The number of ether oxygens (including phenoxy) is 1. The highest BCUT2D eigenvalue weighted by molar-refractivity contribution is 7.85. The number of benzene rings is 1. The average Bonchev–Trinajstić information content (AvgIpc) is 2.99. The van der Waals surface area contributed by atoms with Gasteiger partial charge in [-0.3, -0.25) is 9.00 Å². The molecule has 8 nitrogen and oxygen atoms in total. The van der Waals surface area contributed by atoms with E-state index in [4.69, 9.17) is 4.74 Å². The predicted octanol–water partition coefficient (Wildman–Crippen LogP) is 5.24. The molecule has 0 spiro atoms. The van der Waals surface area contributed by atoms with Crippen LogP contribution in [0.2, 0.25) is 0 Å². The molecule has 8 heterocycles. The van der Waals surface area contributed by atoms with Gasteiger partial charge in [0, 0.05) is 51.8 Å². The fraction of sp³-hybridized carbons (Fsp3) is 0.581. The fourth-order valence-corrected chi connectivity index (χ4v) is 8.07. The van der Waals surface area contributed by atoms with Crippen molar-refractivity contribution in [1.29, 1.82) is 0 Å². The van der Waals surface area contributed by atoms with Gasteiger partial charge in [0.25, 0.3) is 17.4 Å². The van der Waals surface area contributed by atoms with Crippen LogP contribution in [0.15, 0.2) is 29.1 Å². The van der Waals surface area contributed by atoms with Gasteiger partial charge in [-0.1, -0.05) is 18.2 Å². The van der Waals surface area contributed by atoms with Gasteiger partial charge in [-0.05, 0) is 77.1 Å². The summed E-state index contributed by atoms with van der Waals surface area (Å²) >= 11 is 0. The lowest BCUT2D eigenvalue weighted by molar-refractivity contribution is -0.0880. The van der Waals surface area contributed by atoms with E-state index in [1.54, 1.807) is 20.0 Å². The average molecular weight is 618 g/mol. The molecule has 2 aromatic heterocycles. The summed E-state index contributed by atoms with van der Waals surface area (Å²) in [5, 5.41) is 12.5. The molecule has 6 aliphatic rings. The Labute approximate surface area is 251 Å². The summed E-state index contributed by atoms with van der Waals surface area (Å²) in [7, 11) is 0.787. The van der Waals surface area contributed by atoms with Crippen molar-refractivity contribution in [2.75, 3.05) is 43.1 Å². The largest absolute Gasteiger partial charge is 0.475 e. The van der Waals surface area contributed by atoms with Gasteiger partial charge < -0.3 is 19.5 Å². The van der Waals surface area contributed by atoms with Gasteiger partial charge in [0.1, 0.15) is 11.3 Å². The summed E-state index contributed by atoms with van der Waals surface area (Å²) in [4.78, 5) is 15.8. The molecule has 2 fully saturated rings. The Balaban J connectivity index is 1.45. The molecule has 0 radical (unpaired) electrons. The van der Waals surface area contributed by atoms with Gasteiger partial charge in [-0.2, -0.15) is 0 Å². The van der Waals surface area contributed by atoms with Crippen LogP contribution in [0.1, 0.15) is 74.1 Å². The van der Waals surface area contributed by atoms with Crippen molar-refractivity contribution in [1.82, 2.24) is 19.7 Å². The second-order valence-electron chi connectivity index (χ2n) is 12.1. The molecule has 2 saturated heterocycles. The number of pyridine rings is 1. The SMILES string of the molecule is C[C@H]1Nc2nnc(c3c2cc(C2CCS(=O)CC2)c(=O)n3C)OCCCCN2CCC(CC2)C(F)(F)c2cccc1c2F. The third-order valence-corrected chi connectivity index (χ3v) is 10.8. The minimum Gasteiger partial charge on any atom is -0.475 e. The molecule has 0 unspecified atom stereocenters. The lowest BCUT2D eigenvalue weighted by Crippen LogP contribution is -2.40. The Morgan fingerprint density at radius 3 is 2.53 bits per heavy atom. The van der Waals surface area contributed by atoms with Gasteiger partial charge in [0.05, 0.1) is 18.2 Å². The van der Waals surface area contributed by atoms with Crippen LogP contribution in [0.4, 0.5) is 19.0 Å². The first-order valence-electron chi connectivity index (χ1n) is 15.2. The molecule has 9 rings (SSSR count). The minimum atomic E-state index is -3.30. The lowest BCUT2D eigenvalue weighted by atomic mass is 9.85. The molecule has 12 heteroatoms. The highest BCUT2D eigenvalue weighted by atomic mass is 32.2. The Kier molecular flexibility index (Phi) is 8.52. The highest BCUT2D eigenvalue weighted by Crippen LogP contribution is 2.44. The van der Waals surface area contributed by atoms with Gasteiger partial charge in [0.15, 0.2) is 5.82 Å². The second kappa shape index (κ2) is 12.2. The number of rotatable bonds is 1. The Bertz CT molecular complexity index is 1580. The number of piperidine rings is 1. The van der Waals surface area contributed by atoms with Crippen molar-refractivity contribution in [2.45, 2.75) is 63.3 Å². The Morgan fingerprint density at radius 1 is 1.05 bits per heavy atom. The van der Waals surface area contributed by atoms with Crippen molar-refractivity contribution in [2.24, 2.45) is 13.0 Å². The van der Waals surface area contributed by atoms with Crippen LogP contribution in [-0.2, 0) is 23.8 Å². The first kappa shape index (κ1) is 30.1. The molecule has 43 heavy (non-hydrogen) atoms. The maximum absolute atomic E-state index is 15.9. The number of nitrogens with one attached hydrogen (secondary N) is 1. The molecule has 232 valence electrons. The Morgan fingerprint density at radius 2 is 1.79 bits per heavy atom. The zero-order valence-electron chi connectivity index (χ0n) is 24.6. The van der Waals surface area contributed by atoms with Gasteiger partial charge in [-0.15, -0.1) is 10.2 Å². The van der Waals surface area contributed by atoms with Crippen LogP contribution < -0.4 is 15.6 Å². The maximum Gasteiger partial charge on any atom is 0.278 e. The number of halogens is 3. The van der Waals surface area contributed by atoms with Crippen LogP contribution in [-0.4, -0.2) is 61.6 Å². The van der Waals surface area contributed by atoms with Crippen LogP contribution >= 0.6 is 0 Å². The van der Waals surface area contributed by atoms with E-state index in [2.05, 4.69) is 20.4 Å². The second-order valence-corrected chi connectivity index (χ2v) is 13.8. The molecule has 1 N–H and O–H groups in total. The van der Waals surface area contributed by atoms with Crippen LogP contribution in [0, 0.1) is 11.7 Å². The fourth-order valence-electron chi connectivity index (χ4n) is 6.77. The monoisotopic (exact) mass is 617 g/mol. The van der Waals surface area contributed by atoms with Crippen LogP contribution in [0.3, 0.4) is 0 Å². The van der Waals surface area contributed by atoms with Crippen molar-refractivity contribution < 1.29 is 22.1 Å². The smallest absolute Gasteiger partial charge is 0.278 e. The molecule has 6 bridgehead atoms. The highest BCUT2D eigenvalue weighted by Gasteiger charge is 2.45. The van der Waals surface area contributed by atoms with Crippen molar-refractivity contribution >= 4 is 27.5 Å². The maximum atomic E-state index is 15.9. The Hall–Kier alpha value is -2.99. The normalized spacial score (nSPS) is 28.0. The number of anilines is 1. The first-order chi connectivity index (χ1) is 20.6. The van der Waals surface area contributed by atoms with E-state index in [-0.39, 0.29) is 22.9 Å². The number of hydrogen-bond acceptors (Lipinski definition) is 7.